The second-order valence-electron chi connectivity index (χ2n) is 10.7. The largest absolute Gasteiger partial charge is 0.122 e. The first-order valence-corrected chi connectivity index (χ1v) is 16.2. The molecule has 2 heteroatoms. The van der Waals surface area contributed by atoms with Crippen molar-refractivity contribution in [2.24, 2.45) is 0 Å². The number of fused-ring (bicyclic) bond motifs is 2. The summed E-state index contributed by atoms with van der Waals surface area (Å²) in [4.78, 5) is 3.23. The van der Waals surface area contributed by atoms with Gasteiger partial charge in [-0.25, -0.2) is 0 Å². The van der Waals surface area contributed by atoms with E-state index in [2.05, 4.69) is 98.1 Å². The van der Waals surface area contributed by atoms with Crippen LogP contribution in [0.2, 0.25) is 0 Å². The Kier molecular flexibility index (Phi) is 9.20. The van der Waals surface area contributed by atoms with E-state index >= 15 is 0 Å². The van der Waals surface area contributed by atoms with Crippen LogP contribution < -0.4 is 0 Å². The number of allylic oxidation sites excluding steroid dienone is 4. The summed E-state index contributed by atoms with van der Waals surface area (Å²) in [5.41, 5.74) is 2.98. The van der Waals surface area contributed by atoms with Crippen molar-refractivity contribution < 1.29 is 0 Å². The molecule has 2 heterocycles. The smallest absolute Gasteiger partial charge is 0.0376 e. The van der Waals surface area contributed by atoms with Gasteiger partial charge in [0.15, 0.2) is 0 Å². The summed E-state index contributed by atoms with van der Waals surface area (Å²) in [6.45, 7) is 4.58. The lowest BCUT2D eigenvalue weighted by Crippen LogP contribution is -1.91. The standard InChI is InChI=1S/C34H42S2/c1-3-5-7-9-11-31-17-19-33(35-31)27-15-13-25-22-30-24-28(16-14-26(30)21-29(25)23-27)34-20-18-32(36-34)12-10-8-6-4-2/h13-18,21-24,33-34H,3-12,19-20H2,1-2H3. The van der Waals surface area contributed by atoms with E-state index in [1.165, 1.54) is 110 Å². The molecule has 3 aromatic rings. The third kappa shape index (κ3) is 6.43. The molecule has 2 aliphatic rings. The van der Waals surface area contributed by atoms with E-state index in [0.29, 0.717) is 10.5 Å². The Labute approximate surface area is 227 Å². The van der Waals surface area contributed by atoms with E-state index in [1.54, 1.807) is 9.81 Å². The molecule has 0 nitrogen and oxygen atoms in total. The van der Waals surface area contributed by atoms with Gasteiger partial charge in [-0.2, -0.15) is 0 Å². The molecule has 0 amide bonds. The monoisotopic (exact) mass is 514 g/mol. The summed E-state index contributed by atoms with van der Waals surface area (Å²) in [5, 5.41) is 6.70. The van der Waals surface area contributed by atoms with Gasteiger partial charge >= 0.3 is 0 Å². The van der Waals surface area contributed by atoms with Crippen LogP contribution >= 0.6 is 23.5 Å². The first-order chi connectivity index (χ1) is 17.7. The summed E-state index contributed by atoms with van der Waals surface area (Å²) >= 11 is 4.22. The first kappa shape index (κ1) is 26.0. The highest BCUT2D eigenvalue weighted by molar-refractivity contribution is 8.03. The second-order valence-corrected chi connectivity index (χ2v) is 13.4. The van der Waals surface area contributed by atoms with Gasteiger partial charge in [0.2, 0.25) is 0 Å². The molecule has 0 aromatic heterocycles. The van der Waals surface area contributed by atoms with Crippen LogP contribution in [-0.2, 0) is 0 Å². The van der Waals surface area contributed by atoms with Gasteiger partial charge in [-0.05, 0) is 105 Å². The topological polar surface area (TPSA) is 0 Å². The Balaban J connectivity index is 1.23. The molecule has 2 unspecified atom stereocenters. The summed E-state index contributed by atoms with van der Waals surface area (Å²) in [6, 6.07) is 19.2. The van der Waals surface area contributed by atoms with Crippen molar-refractivity contribution in [3.8, 4) is 0 Å². The molecule has 0 radical (unpaired) electrons. The molecule has 36 heavy (non-hydrogen) atoms. The van der Waals surface area contributed by atoms with Crippen LogP contribution in [0.25, 0.3) is 21.5 Å². The molecular weight excluding hydrogens is 473 g/mol. The number of thioether (sulfide) groups is 2. The highest BCUT2D eigenvalue weighted by Gasteiger charge is 2.21. The molecule has 0 bridgehead atoms. The van der Waals surface area contributed by atoms with Crippen LogP contribution in [0.15, 0.2) is 70.5 Å². The van der Waals surface area contributed by atoms with Gasteiger partial charge in [0.1, 0.15) is 0 Å². The van der Waals surface area contributed by atoms with Crippen molar-refractivity contribution in [1.29, 1.82) is 0 Å². The quantitative estimate of drug-likeness (QED) is 0.174. The molecule has 5 rings (SSSR count). The minimum absolute atomic E-state index is 0.594. The predicted molar refractivity (Wildman–Crippen MR) is 165 cm³/mol. The van der Waals surface area contributed by atoms with Crippen molar-refractivity contribution in [3.63, 3.8) is 0 Å². The summed E-state index contributed by atoms with van der Waals surface area (Å²) < 4.78 is 0. The predicted octanol–water partition coefficient (Wildman–Crippen LogP) is 12.1. The molecule has 190 valence electrons. The minimum Gasteiger partial charge on any atom is -0.122 e. The van der Waals surface area contributed by atoms with Crippen molar-refractivity contribution >= 4 is 45.1 Å². The van der Waals surface area contributed by atoms with E-state index in [4.69, 9.17) is 0 Å². The number of hydrogen-bond donors (Lipinski definition) is 0. The molecule has 0 saturated carbocycles. The lowest BCUT2D eigenvalue weighted by Gasteiger charge is -2.14. The molecule has 0 saturated heterocycles. The Hall–Kier alpha value is -1.64. The van der Waals surface area contributed by atoms with Gasteiger partial charge in [-0.3, -0.25) is 0 Å². The zero-order valence-electron chi connectivity index (χ0n) is 22.2. The number of unbranched alkanes of at least 4 members (excludes halogenated alkanes) is 6. The molecule has 2 atom stereocenters. The lowest BCUT2D eigenvalue weighted by atomic mass is 9.97. The van der Waals surface area contributed by atoms with E-state index in [9.17, 15) is 0 Å². The van der Waals surface area contributed by atoms with Gasteiger partial charge in [0, 0.05) is 10.5 Å². The van der Waals surface area contributed by atoms with E-state index in [-0.39, 0.29) is 0 Å². The van der Waals surface area contributed by atoms with E-state index < -0.39 is 0 Å². The number of benzene rings is 3. The SMILES string of the molecule is CCCCCCC1=CCC(c2ccc3cc4cc(C5CC=C(CCCCCC)S5)ccc4cc3c2)S1. The van der Waals surface area contributed by atoms with Crippen molar-refractivity contribution in [2.45, 2.75) is 101 Å². The third-order valence-electron chi connectivity index (χ3n) is 7.85. The average molecular weight is 515 g/mol. The molecule has 0 spiro atoms. The van der Waals surface area contributed by atoms with Gasteiger partial charge in [-0.1, -0.05) is 88.8 Å². The lowest BCUT2D eigenvalue weighted by molar-refractivity contribution is 0.672. The van der Waals surface area contributed by atoms with Gasteiger partial charge in [0.05, 0.1) is 0 Å². The summed E-state index contributed by atoms with van der Waals surface area (Å²) in [5.74, 6) is 0. The normalized spacial score (nSPS) is 19.8. The summed E-state index contributed by atoms with van der Waals surface area (Å²) in [6.07, 6.45) is 20.7. The highest BCUT2D eigenvalue weighted by Crippen LogP contribution is 2.47. The van der Waals surface area contributed by atoms with Crippen molar-refractivity contribution in [3.05, 3.63) is 81.6 Å². The Morgan fingerprint density at radius 1 is 0.556 bits per heavy atom. The van der Waals surface area contributed by atoms with Crippen LogP contribution in [0.3, 0.4) is 0 Å². The van der Waals surface area contributed by atoms with Crippen molar-refractivity contribution in [2.75, 3.05) is 0 Å². The molecule has 0 fully saturated rings. The molecule has 3 aromatic carbocycles. The molecule has 0 aliphatic carbocycles. The van der Waals surface area contributed by atoms with Crippen LogP contribution in [-0.4, -0.2) is 0 Å². The average Bonchev–Trinajstić information content (AvgIpc) is 3.57. The maximum Gasteiger partial charge on any atom is 0.0376 e. The van der Waals surface area contributed by atoms with E-state index in [0.717, 1.165) is 0 Å². The highest BCUT2D eigenvalue weighted by atomic mass is 32.2. The number of rotatable bonds is 12. The second kappa shape index (κ2) is 12.7. The maximum absolute atomic E-state index is 2.50. The van der Waals surface area contributed by atoms with Crippen molar-refractivity contribution in [1.82, 2.24) is 0 Å². The first-order valence-electron chi connectivity index (χ1n) is 14.4. The zero-order chi connectivity index (χ0) is 24.7. The third-order valence-corrected chi connectivity index (χ3v) is 10.7. The Bertz CT molecular complexity index is 1140. The zero-order valence-corrected chi connectivity index (χ0v) is 23.9. The van der Waals surface area contributed by atoms with Gasteiger partial charge in [0.25, 0.3) is 0 Å². The minimum atomic E-state index is 0.594. The Morgan fingerprint density at radius 2 is 1.03 bits per heavy atom. The fourth-order valence-electron chi connectivity index (χ4n) is 5.65. The fourth-order valence-corrected chi connectivity index (χ4v) is 8.24. The van der Waals surface area contributed by atoms with Crippen LogP contribution in [0.1, 0.15) is 113 Å². The Morgan fingerprint density at radius 3 is 1.47 bits per heavy atom. The maximum atomic E-state index is 2.50. The molecular formula is C34H42S2. The van der Waals surface area contributed by atoms with E-state index in [1.807, 2.05) is 0 Å². The fraction of sp³-hybridized carbons (Fsp3) is 0.471. The van der Waals surface area contributed by atoms with Gasteiger partial charge < -0.3 is 0 Å². The van der Waals surface area contributed by atoms with Gasteiger partial charge in [-0.15, -0.1) is 23.5 Å². The van der Waals surface area contributed by atoms with Crippen LogP contribution in [0.5, 0.6) is 0 Å². The summed E-state index contributed by atoms with van der Waals surface area (Å²) in [7, 11) is 0. The van der Waals surface area contributed by atoms with Crippen LogP contribution in [0, 0.1) is 0 Å². The van der Waals surface area contributed by atoms with Crippen LogP contribution in [0.4, 0.5) is 0 Å². The number of hydrogen-bond acceptors (Lipinski definition) is 2. The molecule has 0 N–H and O–H groups in total. The molecule has 2 aliphatic heterocycles.